The molecule has 1 amide bonds. The van der Waals surface area contributed by atoms with E-state index in [1.807, 2.05) is 12.1 Å². The molecule has 2 aliphatic rings. The van der Waals surface area contributed by atoms with Crippen LogP contribution in [-0.2, 0) is 16.1 Å². The van der Waals surface area contributed by atoms with E-state index in [0.29, 0.717) is 24.9 Å². The van der Waals surface area contributed by atoms with Crippen molar-refractivity contribution in [3.63, 3.8) is 0 Å². The van der Waals surface area contributed by atoms with Gasteiger partial charge in [0, 0.05) is 44.1 Å². The van der Waals surface area contributed by atoms with Gasteiger partial charge in [0.15, 0.2) is 0 Å². The lowest BCUT2D eigenvalue weighted by Gasteiger charge is -2.30. The molecule has 4 rings (SSSR count). The first-order chi connectivity index (χ1) is 13.2. The van der Waals surface area contributed by atoms with Gasteiger partial charge < -0.3 is 9.64 Å². The van der Waals surface area contributed by atoms with Gasteiger partial charge in [-0.2, -0.15) is 0 Å². The molecule has 2 saturated heterocycles. The topological polar surface area (TPSA) is 32.8 Å². The fourth-order valence-electron chi connectivity index (χ4n) is 4.59. The number of hydrogen-bond donors (Lipinski definition) is 0. The molecule has 27 heavy (non-hydrogen) atoms. The monoisotopic (exact) mass is 404 g/mol. The molecule has 0 unspecified atom stereocenters. The summed E-state index contributed by atoms with van der Waals surface area (Å²) >= 11 is 7.75. The number of rotatable bonds is 6. The third-order valence-electron chi connectivity index (χ3n) is 5.73. The van der Waals surface area contributed by atoms with E-state index in [-0.39, 0.29) is 11.9 Å². The maximum atomic E-state index is 12.8. The second-order valence-electron chi connectivity index (χ2n) is 7.47. The molecular formula is C21H25ClN2O2S. The number of thiophene rings is 1. The van der Waals surface area contributed by atoms with Crippen molar-refractivity contribution in [2.75, 3.05) is 33.4 Å². The molecule has 1 aromatic heterocycles. The zero-order chi connectivity index (χ0) is 18.8. The standard InChI is InChI=1S/C21H25ClN2O2S/c1-26-10-9-20(25)24-12-16-11-23(13-17-7-8-19(22)27-17)14-18(16)21(24)15-5-3-2-4-6-15/h2-8,16,18,21H,9-14H2,1H3/t16-,18-,21+/m0/s1. The minimum absolute atomic E-state index is 0.164. The summed E-state index contributed by atoms with van der Waals surface area (Å²) in [6.45, 7) is 4.33. The number of benzene rings is 1. The van der Waals surface area contributed by atoms with Crippen LogP contribution in [0.2, 0.25) is 4.34 Å². The van der Waals surface area contributed by atoms with E-state index in [0.717, 1.165) is 30.5 Å². The lowest BCUT2D eigenvalue weighted by atomic mass is 9.89. The molecule has 3 heterocycles. The number of methoxy groups -OCH3 is 1. The third-order valence-corrected chi connectivity index (χ3v) is 6.95. The Hall–Kier alpha value is -1.40. The molecule has 3 atom stereocenters. The summed E-state index contributed by atoms with van der Waals surface area (Å²) in [6, 6.07) is 14.8. The van der Waals surface area contributed by atoms with Gasteiger partial charge in [0.25, 0.3) is 0 Å². The number of hydrogen-bond acceptors (Lipinski definition) is 4. The average Bonchev–Trinajstić information content (AvgIpc) is 3.34. The van der Waals surface area contributed by atoms with E-state index < -0.39 is 0 Å². The van der Waals surface area contributed by atoms with Gasteiger partial charge in [-0.05, 0) is 23.6 Å². The lowest BCUT2D eigenvalue weighted by molar-refractivity contribution is -0.133. The summed E-state index contributed by atoms with van der Waals surface area (Å²) in [5, 5.41) is 0. The van der Waals surface area contributed by atoms with Crippen LogP contribution in [0.1, 0.15) is 22.9 Å². The first kappa shape index (κ1) is 18.9. The quantitative estimate of drug-likeness (QED) is 0.727. The Morgan fingerprint density at radius 3 is 2.70 bits per heavy atom. The van der Waals surface area contributed by atoms with E-state index in [1.54, 1.807) is 18.4 Å². The lowest BCUT2D eigenvalue weighted by Crippen LogP contribution is -2.36. The summed E-state index contributed by atoms with van der Waals surface area (Å²) < 4.78 is 5.98. The summed E-state index contributed by atoms with van der Waals surface area (Å²) in [7, 11) is 1.65. The fourth-order valence-corrected chi connectivity index (χ4v) is 5.72. The number of carbonyl (C=O) groups excluding carboxylic acids is 1. The van der Waals surface area contributed by atoms with Gasteiger partial charge in [-0.25, -0.2) is 0 Å². The van der Waals surface area contributed by atoms with E-state index in [4.69, 9.17) is 16.3 Å². The maximum Gasteiger partial charge on any atom is 0.225 e. The molecule has 0 saturated carbocycles. The van der Waals surface area contributed by atoms with Crippen molar-refractivity contribution in [3.8, 4) is 0 Å². The Balaban J connectivity index is 1.51. The van der Waals surface area contributed by atoms with Crippen molar-refractivity contribution in [2.24, 2.45) is 11.8 Å². The minimum Gasteiger partial charge on any atom is -0.384 e. The smallest absolute Gasteiger partial charge is 0.225 e. The molecule has 144 valence electrons. The number of fused-ring (bicyclic) bond motifs is 1. The number of amides is 1. The summed E-state index contributed by atoms with van der Waals surface area (Å²) in [6.07, 6.45) is 0.455. The Kier molecular flexibility index (Phi) is 5.83. The molecule has 2 fully saturated rings. The van der Waals surface area contributed by atoms with Gasteiger partial charge in [-0.15, -0.1) is 11.3 Å². The van der Waals surface area contributed by atoms with E-state index in [1.165, 1.54) is 10.4 Å². The third kappa shape index (κ3) is 4.06. The van der Waals surface area contributed by atoms with E-state index in [9.17, 15) is 4.79 Å². The molecule has 0 N–H and O–H groups in total. The van der Waals surface area contributed by atoms with Crippen LogP contribution in [0.4, 0.5) is 0 Å². The second kappa shape index (κ2) is 8.31. The fraction of sp³-hybridized carbons (Fsp3) is 0.476. The predicted molar refractivity (Wildman–Crippen MR) is 109 cm³/mol. The van der Waals surface area contributed by atoms with Crippen LogP contribution in [0.3, 0.4) is 0 Å². The maximum absolute atomic E-state index is 12.8. The van der Waals surface area contributed by atoms with Crippen LogP contribution in [0.25, 0.3) is 0 Å². The van der Waals surface area contributed by atoms with Crippen molar-refractivity contribution in [1.82, 2.24) is 9.80 Å². The van der Waals surface area contributed by atoms with Crippen molar-refractivity contribution >= 4 is 28.8 Å². The van der Waals surface area contributed by atoms with Gasteiger partial charge in [-0.3, -0.25) is 9.69 Å². The Morgan fingerprint density at radius 2 is 2.00 bits per heavy atom. The highest BCUT2D eigenvalue weighted by atomic mass is 35.5. The van der Waals surface area contributed by atoms with Crippen LogP contribution in [-0.4, -0.2) is 49.1 Å². The van der Waals surface area contributed by atoms with Gasteiger partial charge in [-0.1, -0.05) is 41.9 Å². The van der Waals surface area contributed by atoms with Crippen LogP contribution < -0.4 is 0 Å². The molecule has 1 aromatic carbocycles. The van der Waals surface area contributed by atoms with Crippen LogP contribution >= 0.6 is 22.9 Å². The van der Waals surface area contributed by atoms with Crippen molar-refractivity contribution in [3.05, 3.63) is 57.2 Å². The van der Waals surface area contributed by atoms with E-state index >= 15 is 0 Å². The Bertz CT molecular complexity index is 781. The van der Waals surface area contributed by atoms with Crippen molar-refractivity contribution in [2.45, 2.75) is 19.0 Å². The molecule has 0 spiro atoms. The minimum atomic E-state index is 0.164. The summed E-state index contributed by atoms with van der Waals surface area (Å²) in [4.78, 5) is 18.7. The molecule has 0 radical (unpaired) electrons. The number of likely N-dealkylation sites (tertiary alicyclic amines) is 2. The normalized spacial score (nSPS) is 25.1. The van der Waals surface area contributed by atoms with E-state index in [2.05, 4.69) is 40.1 Å². The molecule has 2 aromatic rings. The van der Waals surface area contributed by atoms with Gasteiger partial charge in [0.2, 0.25) is 5.91 Å². The molecule has 6 heteroatoms. The molecular weight excluding hydrogens is 380 g/mol. The Morgan fingerprint density at radius 1 is 1.19 bits per heavy atom. The highest BCUT2D eigenvalue weighted by Gasteiger charge is 2.48. The summed E-state index contributed by atoms with van der Waals surface area (Å²) in [5.41, 5.74) is 1.25. The van der Waals surface area contributed by atoms with Gasteiger partial charge >= 0.3 is 0 Å². The number of ether oxygens (including phenoxy) is 1. The van der Waals surface area contributed by atoms with Crippen molar-refractivity contribution in [1.29, 1.82) is 0 Å². The van der Waals surface area contributed by atoms with Gasteiger partial charge in [0.05, 0.1) is 23.4 Å². The molecule has 0 bridgehead atoms. The number of nitrogens with zero attached hydrogens (tertiary/aromatic N) is 2. The average molecular weight is 405 g/mol. The van der Waals surface area contributed by atoms with Gasteiger partial charge in [0.1, 0.15) is 0 Å². The highest BCUT2D eigenvalue weighted by molar-refractivity contribution is 7.16. The summed E-state index contributed by atoms with van der Waals surface area (Å²) in [5.74, 6) is 1.21. The molecule has 4 nitrogen and oxygen atoms in total. The number of carbonyl (C=O) groups is 1. The molecule has 2 aliphatic heterocycles. The zero-order valence-corrected chi connectivity index (χ0v) is 17.1. The molecule has 0 aliphatic carbocycles. The van der Waals surface area contributed by atoms with Crippen LogP contribution in [0.5, 0.6) is 0 Å². The SMILES string of the molecule is COCCC(=O)N1C[C@@H]2CN(Cc3ccc(Cl)s3)C[C@@H]2[C@H]1c1ccccc1. The largest absolute Gasteiger partial charge is 0.384 e. The first-order valence-electron chi connectivity index (χ1n) is 9.45. The van der Waals surface area contributed by atoms with Crippen LogP contribution in [0, 0.1) is 11.8 Å². The second-order valence-corrected chi connectivity index (χ2v) is 9.27. The highest BCUT2D eigenvalue weighted by Crippen LogP contribution is 2.45. The first-order valence-corrected chi connectivity index (χ1v) is 10.6. The van der Waals surface area contributed by atoms with Crippen molar-refractivity contribution < 1.29 is 9.53 Å². The number of halogens is 1. The zero-order valence-electron chi connectivity index (χ0n) is 15.5. The predicted octanol–water partition coefficient (Wildman–Crippen LogP) is 4.07. The Labute approximate surface area is 169 Å². The van der Waals surface area contributed by atoms with Crippen LogP contribution in [0.15, 0.2) is 42.5 Å².